The van der Waals surface area contributed by atoms with Crippen molar-refractivity contribution in [3.63, 3.8) is 0 Å². The Morgan fingerprint density at radius 1 is 0.846 bits per heavy atom. The van der Waals surface area contributed by atoms with Crippen LogP contribution in [0.15, 0.2) is 100 Å². The van der Waals surface area contributed by atoms with Crippen molar-refractivity contribution in [2.45, 2.75) is 9.79 Å². The summed E-state index contributed by atoms with van der Waals surface area (Å²) in [5.74, 6) is 0. The van der Waals surface area contributed by atoms with Crippen molar-refractivity contribution < 1.29 is 8.42 Å². The van der Waals surface area contributed by atoms with E-state index in [1.165, 1.54) is 17.2 Å². The first-order valence-electron chi connectivity index (χ1n) is 7.84. The zero-order valence-electron chi connectivity index (χ0n) is 13.7. The molecule has 5 heteroatoms. The number of rotatable bonds is 5. The molecule has 3 aromatic carbocycles. The van der Waals surface area contributed by atoms with Gasteiger partial charge in [0.15, 0.2) is 0 Å². The van der Waals surface area contributed by atoms with Crippen LogP contribution in [-0.4, -0.2) is 8.42 Å². The SMILES string of the molecule is N#Cc1ccc(/C(=C\S(=O)(=O)c2ccccc2)Sc2ccccc2)cc1. The summed E-state index contributed by atoms with van der Waals surface area (Å²) in [4.78, 5) is 1.79. The van der Waals surface area contributed by atoms with Crippen molar-refractivity contribution in [2.24, 2.45) is 0 Å². The summed E-state index contributed by atoms with van der Waals surface area (Å²) in [5.41, 5.74) is 1.28. The molecule has 3 rings (SSSR count). The van der Waals surface area contributed by atoms with Gasteiger partial charge in [-0.25, -0.2) is 8.42 Å². The molecule has 0 saturated heterocycles. The van der Waals surface area contributed by atoms with Crippen LogP contribution in [0.5, 0.6) is 0 Å². The fourth-order valence-electron chi connectivity index (χ4n) is 2.29. The van der Waals surface area contributed by atoms with E-state index < -0.39 is 9.84 Å². The molecule has 0 radical (unpaired) electrons. The van der Waals surface area contributed by atoms with E-state index in [0.717, 1.165) is 10.5 Å². The third kappa shape index (κ3) is 4.42. The first-order valence-corrected chi connectivity index (χ1v) is 10.2. The zero-order chi connectivity index (χ0) is 18.4. The lowest BCUT2D eigenvalue weighted by atomic mass is 10.1. The molecular weight excluding hydrogens is 362 g/mol. The fraction of sp³-hybridized carbons (Fsp3) is 0. The van der Waals surface area contributed by atoms with Gasteiger partial charge in [0.2, 0.25) is 9.84 Å². The second-order valence-electron chi connectivity index (χ2n) is 5.44. The lowest BCUT2D eigenvalue weighted by molar-refractivity contribution is 0.605. The number of benzene rings is 3. The monoisotopic (exact) mass is 377 g/mol. The van der Waals surface area contributed by atoms with Gasteiger partial charge in [-0.15, -0.1) is 0 Å². The molecule has 0 spiro atoms. The maximum absolute atomic E-state index is 12.8. The molecule has 3 nitrogen and oxygen atoms in total. The molecule has 0 saturated carbocycles. The van der Waals surface area contributed by atoms with Crippen LogP contribution in [0.1, 0.15) is 11.1 Å². The maximum Gasteiger partial charge on any atom is 0.200 e. The summed E-state index contributed by atoms with van der Waals surface area (Å²) in [6, 6.07) is 26.9. The van der Waals surface area contributed by atoms with Gasteiger partial charge < -0.3 is 0 Å². The van der Waals surface area contributed by atoms with Gasteiger partial charge in [0.1, 0.15) is 0 Å². The first-order chi connectivity index (χ1) is 12.6. The van der Waals surface area contributed by atoms with Crippen LogP contribution in [0.4, 0.5) is 0 Å². The van der Waals surface area contributed by atoms with E-state index in [0.29, 0.717) is 10.5 Å². The standard InChI is InChI=1S/C21H15NO2S2/c22-15-17-11-13-18(14-12-17)21(25-19-7-3-1-4-8-19)16-26(23,24)20-9-5-2-6-10-20/h1-14,16H/b21-16+. The van der Waals surface area contributed by atoms with E-state index in [-0.39, 0.29) is 4.90 Å². The average molecular weight is 377 g/mol. The van der Waals surface area contributed by atoms with Crippen LogP contribution < -0.4 is 0 Å². The predicted molar refractivity (Wildman–Crippen MR) is 105 cm³/mol. The predicted octanol–water partition coefficient (Wildman–Crippen LogP) is 5.12. The van der Waals surface area contributed by atoms with Crippen molar-refractivity contribution >= 4 is 26.5 Å². The second-order valence-corrected chi connectivity index (χ2v) is 8.36. The molecule has 128 valence electrons. The van der Waals surface area contributed by atoms with Crippen LogP contribution in [0, 0.1) is 11.3 Å². The Balaban J connectivity index is 2.06. The lowest BCUT2D eigenvalue weighted by Crippen LogP contribution is -1.97. The van der Waals surface area contributed by atoms with Gasteiger partial charge >= 0.3 is 0 Å². The van der Waals surface area contributed by atoms with Crippen molar-refractivity contribution in [3.8, 4) is 6.07 Å². The number of sulfone groups is 1. The van der Waals surface area contributed by atoms with Gasteiger partial charge in [0.25, 0.3) is 0 Å². The molecule has 0 amide bonds. The van der Waals surface area contributed by atoms with E-state index in [1.807, 2.05) is 30.3 Å². The Morgan fingerprint density at radius 3 is 2.00 bits per heavy atom. The van der Waals surface area contributed by atoms with Crippen LogP contribution in [-0.2, 0) is 9.84 Å². The van der Waals surface area contributed by atoms with Gasteiger partial charge in [-0.05, 0) is 42.0 Å². The van der Waals surface area contributed by atoms with E-state index in [4.69, 9.17) is 5.26 Å². The Labute approximate surface area is 157 Å². The van der Waals surface area contributed by atoms with E-state index in [9.17, 15) is 8.42 Å². The number of hydrogen-bond donors (Lipinski definition) is 0. The highest BCUT2D eigenvalue weighted by molar-refractivity contribution is 8.09. The van der Waals surface area contributed by atoms with Crippen molar-refractivity contribution in [1.82, 2.24) is 0 Å². The summed E-state index contributed by atoms with van der Waals surface area (Å²) < 4.78 is 25.6. The molecule has 0 aliphatic heterocycles. The Hall–Kier alpha value is -2.81. The van der Waals surface area contributed by atoms with Gasteiger partial charge in [0, 0.05) is 9.80 Å². The van der Waals surface area contributed by atoms with Gasteiger partial charge in [-0.3, -0.25) is 0 Å². The Bertz CT molecular complexity index is 1050. The number of nitriles is 1. The maximum atomic E-state index is 12.8. The largest absolute Gasteiger partial charge is 0.219 e. The summed E-state index contributed by atoms with van der Waals surface area (Å²) in [6.07, 6.45) is 0. The second kappa shape index (κ2) is 8.05. The van der Waals surface area contributed by atoms with E-state index in [1.54, 1.807) is 54.6 Å². The van der Waals surface area contributed by atoms with Crippen molar-refractivity contribution in [3.05, 3.63) is 101 Å². The molecule has 0 bridgehead atoms. The molecule has 0 aliphatic rings. The van der Waals surface area contributed by atoms with Crippen molar-refractivity contribution in [1.29, 1.82) is 5.26 Å². The summed E-state index contributed by atoms with van der Waals surface area (Å²) >= 11 is 1.38. The first kappa shape index (κ1) is 18.0. The summed E-state index contributed by atoms with van der Waals surface area (Å²) in [5, 5.41) is 10.3. The number of thioether (sulfide) groups is 1. The Kier molecular flexibility index (Phi) is 5.57. The van der Waals surface area contributed by atoms with Gasteiger partial charge in [-0.2, -0.15) is 5.26 Å². The average Bonchev–Trinajstić information content (AvgIpc) is 2.69. The van der Waals surface area contributed by atoms with Crippen LogP contribution in [0.25, 0.3) is 4.91 Å². The molecule has 0 fully saturated rings. The molecule has 0 aliphatic carbocycles. The smallest absolute Gasteiger partial charge is 0.200 e. The lowest BCUT2D eigenvalue weighted by Gasteiger charge is -2.09. The van der Waals surface area contributed by atoms with Crippen molar-refractivity contribution in [2.75, 3.05) is 0 Å². The molecule has 26 heavy (non-hydrogen) atoms. The highest BCUT2D eigenvalue weighted by Gasteiger charge is 2.15. The molecule has 0 N–H and O–H groups in total. The third-order valence-electron chi connectivity index (χ3n) is 3.60. The van der Waals surface area contributed by atoms with Crippen LogP contribution >= 0.6 is 11.8 Å². The minimum Gasteiger partial charge on any atom is -0.219 e. The molecular formula is C21H15NO2S2. The molecule has 0 unspecified atom stereocenters. The van der Waals surface area contributed by atoms with Gasteiger partial charge in [-0.1, -0.05) is 60.3 Å². The zero-order valence-corrected chi connectivity index (χ0v) is 15.4. The molecule has 0 atom stereocenters. The van der Waals surface area contributed by atoms with E-state index >= 15 is 0 Å². The molecule has 3 aromatic rings. The van der Waals surface area contributed by atoms with E-state index in [2.05, 4.69) is 6.07 Å². The minimum absolute atomic E-state index is 0.250. The minimum atomic E-state index is -3.59. The summed E-state index contributed by atoms with van der Waals surface area (Å²) in [7, 11) is -3.59. The fourth-order valence-corrected chi connectivity index (χ4v) is 4.76. The highest BCUT2D eigenvalue weighted by atomic mass is 32.2. The summed E-state index contributed by atoms with van der Waals surface area (Å²) in [6.45, 7) is 0. The van der Waals surface area contributed by atoms with Gasteiger partial charge in [0.05, 0.1) is 21.9 Å². The highest BCUT2D eigenvalue weighted by Crippen LogP contribution is 2.35. The van der Waals surface area contributed by atoms with Crippen LogP contribution in [0.3, 0.4) is 0 Å². The Morgan fingerprint density at radius 2 is 1.42 bits per heavy atom. The molecule has 0 heterocycles. The normalized spacial score (nSPS) is 11.7. The number of nitrogens with zero attached hydrogens (tertiary/aromatic N) is 1. The van der Waals surface area contributed by atoms with Crippen LogP contribution in [0.2, 0.25) is 0 Å². The molecule has 0 aromatic heterocycles. The third-order valence-corrected chi connectivity index (χ3v) is 6.31. The number of hydrogen-bond acceptors (Lipinski definition) is 4. The quantitative estimate of drug-likeness (QED) is 0.579. The topological polar surface area (TPSA) is 57.9 Å².